The van der Waals surface area contributed by atoms with Crippen molar-refractivity contribution in [1.29, 1.82) is 0 Å². The van der Waals surface area contributed by atoms with Crippen LogP contribution in [0, 0.1) is 0 Å². The summed E-state index contributed by atoms with van der Waals surface area (Å²) in [5.74, 6) is -0.850. The Morgan fingerprint density at radius 1 is 1.12 bits per heavy atom. The number of benzene rings is 1. The zero-order valence-electron chi connectivity index (χ0n) is 12.7. The molecule has 2 aromatic heterocycles. The number of anilines is 1. The Hall–Kier alpha value is -3.06. The number of hydrogen-bond donors (Lipinski definition) is 2. The highest BCUT2D eigenvalue weighted by Gasteiger charge is 2.19. The molecule has 3 rings (SSSR count). The van der Waals surface area contributed by atoms with Crippen LogP contribution in [0.4, 0.5) is 5.82 Å². The molecule has 0 radical (unpaired) electrons. The maximum atomic E-state index is 11.6. The molecule has 0 aliphatic heterocycles. The number of nitrogens with zero attached hydrogens (tertiary/aromatic N) is 2. The monoisotopic (exact) mass is 339 g/mol. The summed E-state index contributed by atoms with van der Waals surface area (Å²) in [6, 6.07) is 12.6. The van der Waals surface area contributed by atoms with Gasteiger partial charge >= 0.3 is 5.97 Å². The Balaban J connectivity index is 2.07. The van der Waals surface area contributed by atoms with Crippen LogP contribution in [-0.4, -0.2) is 27.0 Å². The third-order valence-electron chi connectivity index (χ3n) is 3.18. The van der Waals surface area contributed by atoms with Crippen LogP contribution in [0.1, 0.15) is 16.6 Å². The first kappa shape index (κ1) is 15.8. The summed E-state index contributed by atoms with van der Waals surface area (Å²) in [7, 11) is 0. The number of rotatable bonds is 4. The fraction of sp³-hybridized carbons (Fsp3) is 0.0588. The van der Waals surface area contributed by atoms with Gasteiger partial charge in [0.1, 0.15) is 15.7 Å². The Morgan fingerprint density at radius 2 is 1.88 bits per heavy atom. The van der Waals surface area contributed by atoms with Crippen molar-refractivity contribution in [3.8, 4) is 21.8 Å². The van der Waals surface area contributed by atoms with Gasteiger partial charge in [-0.2, -0.15) is 0 Å². The number of carbonyl (C=O) groups excluding carboxylic acids is 1. The van der Waals surface area contributed by atoms with Crippen molar-refractivity contribution >= 4 is 29.0 Å². The second kappa shape index (κ2) is 6.59. The van der Waals surface area contributed by atoms with Gasteiger partial charge in [0.2, 0.25) is 5.91 Å². The molecule has 2 N–H and O–H groups in total. The fourth-order valence-electron chi connectivity index (χ4n) is 2.19. The van der Waals surface area contributed by atoms with Gasteiger partial charge in [0.25, 0.3) is 0 Å². The van der Waals surface area contributed by atoms with Gasteiger partial charge in [0.05, 0.1) is 5.69 Å². The number of carboxylic acid groups (broad SMARTS) is 1. The minimum absolute atomic E-state index is 0.175. The molecule has 0 saturated carbocycles. The first-order valence-electron chi connectivity index (χ1n) is 7.08. The number of aromatic nitrogens is 2. The summed E-state index contributed by atoms with van der Waals surface area (Å²) in [5.41, 5.74) is 1.87. The molecule has 1 amide bonds. The van der Waals surface area contributed by atoms with Crippen LogP contribution in [0.3, 0.4) is 0 Å². The van der Waals surface area contributed by atoms with Crippen LogP contribution >= 0.6 is 11.3 Å². The molecule has 24 heavy (non-hydrogen) atoms. The minimum Gasteiger partial charge on any atom is -0.477 e. The van der Waals surface area contributed by atoms with Crippen LogP contribution in [0.2, 0.25) is 0 Å². The van der Waals surface area contributed by atoms with Gasteiger partial charge in [-0.3, -0.25) is 4.79 Å². The van der Waals surface area contributed by atoms with Gasteiger partial charge in [0.15, 0.2) is 0 Å². The number of nitrogens with one attached hydrogen (secondary N) is 1. The zero-order valence-corrected chi connectivity index (χ0v) is 13.5. The van der Waals surface area contributed by atoms with Crippen molar-refractivity contribution in [2.45, 2.75) is 6.92 Å². The van der Waals surface area contributed by atoms with Crippen LogP contribution in [0.5, 0.6) is 0 Å². The molecule has 0 spiro atoms. The van der Waals surface area contributed by atoms with Crippen molar-refractivity contribution in [2.75, 3.05) is 5.32 Å². The van der Waals surface area contributed by atoms with E-state index in [1.807, 2.05) is 30.3 Å². The SMILES string of the molecule is CC(=O)Nc1cc(-c2nc(-c3ccccc3)c(C(=O)O)s2)ccn1. The molecule has 0 aliphatic rings. The number of pyridine rings is 1. The number of carbonyl (C=O) groups is 2. The molecule has 0 fully saturated rings. The lowest BCUT2D eigenvalue weighted by Crippen LogP contribution is -2.07. The average molecular weight is 339 g/mol. The maximum absolute atomic E-state index is 11.6. The van der Waals surface area contributed by atoms with E-state index in [0.29, 0.717) is 22.1 Å². The van der Waals surface area contributed by atoms with E-state index in [1.54, 1.807) is 18.3 Å². The highest BCUT2D eigenvalue weighted by molar-refractivity contribution is 7.17. The molecule has 0 atom stereocenters. The number of aromatic carboxylic acids is 1. The lowest BCUT2D eigenvalue weighted by molar-refractivity contribution is -0.114. The third kappa shape index (κ3) is 3.31. The highest BCUT2D eigenvalue weighted by Crippen LogP contribution is 2.34. The molecule has 0 saturated heterocycles. The Labute approximate surface area is 141 Å². The Kier molecular flexibility index (Phi) is 4.35. The topological polar surface area (TPSA) is 92.2 Å². The quantitative estimate of drug-likeness (QED) is 0.758. The van der Waals surface area contributed by atoms with E-state index < -0.39 is 5.97 Å². The summed E-state index contributed by atoms with van der Waals surface area (Å²) in [6.45, 7) is 1.40. The van der Waals surface area contributed by atoms with E-state index >= 15 is 0 Å². The van der Waals surface area contributed by atoms with Crippen LogP contribution in [0.15, 0.2) is 48.7 Å². The number of thiazole rings is 1. The van der Waals surface area contributed by atoms with Crippen molar-refractivity contribution in [3.63, 3.8) is 0 Å². The van der Waals surface area contributed by atoms with Crippen LogP contribution in [-0.2, 0) is 4.79 Å². The van der Waals surface area contributed by atoms with E-state index in [-0.39, 0.29) is 10.8 Å². The first-order chi connectivity index (χ1) is 11.5. The largest absolute Gasteiger partial charge is 0.477 e. The van der Waals surface area contributed by atoms with E-state index in [2.05, 4.69) is 15.3 Å². The van der Waals surface area contributed by atoms with Gasteiger partial charge in [-0.15, -0.1) is 11.3 Å². The van der Waals surface area contributed by atoms with Crippen molar-refractivity contribution in [3.05, 3.63) is 53.5 Å². The molecule has 1 aromatic carbocycles. The Bertz CT molecular complexity index is 906. The molecule has 0 aliphatic carbocycles. The normalized spacial score (nSPS) is 10.4. The minimum atomic E-state index is -1.02. The molecule has 120 valence electrons. The Morgan fingerprint density at radius 3 is 2.54 bits per heavy atom. The van der Waals surface area contributed by atoms with Crippen molar-refractivity contribution < 1.29 is 14.7 Å². The second-order valence-electron chi connectivity index (χ2n) is 4.98. The van der Waals surface area contributed by atoms with Gasteiger partial charge in [-0.1, -0.05) is 30.3 Å². The third-order valence-corrected chi connectivity index (χ3v) is 4.27. The van der Waals surface area contributed by atoms with Crippen molar-refractivity contribution in [2.24, 2.45) is 0 Å². The molecule has 2 heterocycles. The summed E-state index contributed by atoms with van der Waals surface area (Å²) in [5, 5.41) is 12.6. The zero-order chi connectivity index (χ0) is 17.1. The lowest BCUT2D eigenvalue weighted by Gasteiger charge is -2.02. The molecule has 3 aromatic rings. The summed E-state index contributed by atoms with van der Waals surface area (Å²) >= 11 is 1.09. The molecule has 0 bridgehead atoms. The highest BCUT2D eigenvalue weighted by atomic mass is 32.1. The summed E-state index contributed by atoms with van der Waals surface area (Å²) in [4.78, 5) is 31.4. The first-order valence-corrected chi connectivity index (χ1v) is 7.90. The number of amides is 1. The predicted molar refractivity (Wildman–Crippen MR) is 92.0 cm³/mol. The van der Waals surface area contributed by atoms with Gasteiger partial charge in [-0.25, -0.2) is 14.8 Å². The number of carboxylic acids is 1. The van der Waals surface area contributed by atoms with E-state index in [9.17, 15) is 14.7 Å². The maximum Gasteiger partial charge on any atom is 0.348 e. The predicted octanol–water partition coefficient (Wildman–Crippen LogP) is 3.53. The van der Waals surface area contributed by atoms with E-state index in [4.69, 9.17) is 0 Å². The lowest BCUT2D eigenvalue weighted by atomic mass is 10.1. The standard InChI is InChI=1S/C17H13N3O3S/c1-10(21)19-13-9-12(7-8-18-13)16-20-14(15(24-16)17(22)23)11-5-3-2-4-6-11/h2-9H,1H3,(H,22,23)(H,18,19,21). The smallest absolute Gasteiger partial charge is 0.348 e. The summed E-state index contributed by atoms with van der Waals surface area (Å²) in [6.07, 6.45) is 1.55. The summed E-state index contributed by atoms with van der Waals surface area (Å²) < 4.78 is 0. The van der Waals surface area contributed by atoms with E-state index in [0.717, 1.165) is 16.9 Å². The van der Waals surface area contributed by atoms with Crippen LogP contribution < -0.4 is 5.32 Å². The number of hydrogen-bond acceptors (Lipinski definition) is 5. The van der Waals surface area contributed by atoms with E-state index in [1.165, 1.54) is 6.92 Å². The van der Waals surface area contributed by atoms with Crippen LogP contribution in [0.25, 0.3) is 21.8 Å². The molecular formula is C17H13N3O3S. The molecule has 7 heteroatoms. The fourth-order valence-corrected chi connectivity index (χ4v) is 3.12. The van der Waals surface area contributed by atoms with Crippen molar-refractivity contribution in [1.82, 2.24) is 9.97 Å². The van der Waals surface area contributed by atoms with Gasteiger partial charge in [0, 0.05) is 24.2 Å². The molecule has 6 nitrogen and oxygen atoms in total. The van der Waals surface area contributed by atoms with Gasteiger partial charge in [-0.05, 0) is 12.1 Å². The average Bonchev–Trinajstić information content (AvgIpc) is 3.01. The second-order valence-corrected chi connectivity index (χ2v) is 5.98. The van der Waals surface area contributed by atoms with Gasteiger partial charge < -0.3 is 10.4 Å². The molecule has 0 unspecified atom stereocenters. The molecular weight excluding hydrogens is 326 g/mol.